The molecular weight excluding hydrogens is 430 g/mol. The lowest BCUT2D eigenvalue weighted by atomic mass is 9.64. The monoisotopic (exact) mass is 453 g/mol. The number of anilines is 1. The van der Waals surface area contributed by atoms with E-state index in [0.717, 1.165) is 12.1 Å². The zero-order chi connectivity index (χ0) is 20.9. The smallest absolute Gasteiger partial charge is 0.232 e. The fourth-order valence-corrected chi connectivity index (χ4v) is 6.43. The maximum Gasteiger partial charge on any atom is 0.232 e. The number of hydrogen-bond donors (Lipinski definition) is 1. The normalized spacial score (nSPS) is 30.1. The largest absolute Gasteiger partial charge is 0.326 e. The molecule has 0 saturated heterocycles. The number of benzene rings is 2. The van der Waals surface area contributed by atoms with E-state index in [2.05, 4.69) is 31.5 Å². The second kappa shape index (κ2) is 6.87. The van der Waals surface area contributed by atoms with Crippen LogP contribution < -0.4 is 5.32 Å². The molecule has 2 aliphatic carbocycles. The molecule has 0 spiro atoms. The Morgan fingerprint density at radius 2 is 1.55 bits per heavy atom. The third-order valence-corrected chi connectivity index (χ3v) is 8.49. The van der Waals surface area contributed by atoms with Gasteiger partial charge in [0, 0.05) is 11.1 Å². The highest BCUT2D eigenvalue weighted by Crippen LogP contribution is 2.72. The predicted octanol–water partition coefficient (Wildman–Crippen LogP) is 6.20. The van der Waals surface area contributed by atoms with Crippen LogP contribution in [0.4, 0.5) is 17.1 Å². The van der Waals surface area contributed by atoms with Gasteiger partial charge in [-0.15, -0.1) is 0 Å². The Morgan fingerprint density at radius 3 is 2.10 bits per heavy atom. The van der Waals surface area contributed by atoms with Gasteiger partial charge in [-0.3, -0.25) is 9.59 Å². The van der Waals surface area contributed by atoms with Gasteiger partial charge in [0.25, 0.3) is 0 Å². The van der Waals surface area contributed by atoms with Crippen LogP contribution in [-0.2, 0) is 9.59 Å². The molecule has 2 aliphatic rings. The molecule has 150 valence electrons. The molecule has 1 amide bonds. The van der Waals surface area contributed by atoms with E-state index in [1.165, 1.54) is 0 Å². The summed E-state index contributed by atoms with van der Waals surface area (Å²) >= 11 is 3.56. The Kier molecular flexibility index (Phi) is 4.73. The van der Waals surface area contributed by atoms with Crippen molar-refractivity contribution in [2.24, 2.45) is 26.5 Å². The van der Waals surface area contributed by atoms with Crippen molar-refractivity contribution in [1.29, 1.82) is 0 Å². The first-order valence-corrected chi connectivity index (χ1v) is 10.7. The zero-order valence-electron chi connectivity index (χ0n) is 16.8. The van der Waals surface area contributed by atoms with Crippen LogP contribution in [0.2, 0.25) is 0 Å². The molecule has 5 nitrogen and oxygen atoms in total. The maximum atomic E-state index is 13.4. The molecule has 2 bridgehead atoms. The van der Waals surface area contributed by atoms with Gasteiger partial charge in [-0.1, -0.05) is 54.9 Å². The van der Waals surface area contributed by atoms with Crippen LogP contribution >= 0.6 is 15.9 Å². The van der Waals surface area contributed by atoms with Crippen molar-refractivity contribution in [1.82, 2.24) is 0 Å². The van der Waals surface area contributed by atoms with Crippen molar-refractivity contribution in [2.45, 2.75) is 38.4 Å². The Balaban J connectivity index is 1.52. The fourth-order valence-electron chi connectivity index (χ4n) is 4.92. The van der Waals surface area contributed by atoms with Crippen LogP contribution in [0, 0.1) is 16.2 Å². The molecule has 0 heterocycles. The van der Waals surface area contributed by atoms with Crippen molar-refractivity contribution in [2.75, 3.05) is 5.32 Å². The number of nitrogens with zero attached hydrogens (tertiary/aromatic N) is 2. The van der Waals surface area contributed by atoms with Gasteiger partial charge in [-0.05, 0) is 54.7 Å². The summed E-state index contributed by atoms with van der Waals surface area (Å²) in [5, 5.41) is 11.5. The molecule has 0 aromatic heterocycles. The molecule has 2 fully saturated rings. The van der Waals surface area contributed by atoms with Crippen LogP contribution in [0.3, 0.4) is 0 Å². The van der Waals surface area contributed by atoms with Crippen LogP contribution in [0.25, 0.3) is 0 Å². The molecule has 1 N–H and O–H groups in total. The number of Topliss-reactive ketones (excluding diaryl/α,β-unsaturated/α-hetero) is 1. The minimum absolute atomic E-state index is 0.0994. The Morgan fingerprint density at radius 1 is 0.966 bits per heavy atom. The minimum Gasteiger partial charge on any atom is -0.326 e. The van der Waals surface area contributed by atoms with Gasteiger partial charge in [0.15, 0.2) is 5.78 Å². The number of nitrogens with one attached hydrogen (secondary N) is 1. The van der Waals surface area contributed by atoms with E-state index < -0.39 is 21.1 Å². The predicted molar refractivity (Wildman–Crippen MR) is 117 cm³/mol. The third kappa shape index (κ3) is 2.80. The summed E-state index contributed by atoms with van der Waals surface area (Å²) in [6.45, 7) is 6.09. The molecule has 4 rings (SSSR count). The first-order valence-electron chi connectivity index (χ1n) is 9.79. The number of amides is 1. The number of rotatable bonds is 4. The van der Waals surface area contributed by atoms with Gasteiger partial charge in [0.1, 0.15) is 0 Å². The van der Waals surface area contributed by atoms with Crippen LogP contribution in [0.5, 0.6) is 0 Å². The van der Waals surface area contributed by atoms with Gasteiger partial charge >= 0.3 is 0 Å². The van der Waals surface area contributed by atoms with Crippen molar-refractivity contribution < 1.29 is 9.59 Å². The zero-order valence-corrected chi connectivity index (χ0v) is 18.4. The summed E-state index contributed by atoms with van der Waals surface area (Å²) in [5.41, 5.74) is 0.536. The topological polar surface area (TPSA) is 70.9 Å². The average Bonchev–Trinajstić information content (AvgIpc) is 2.99. The quantitative estimate of drug-likeness (QED) is 0.442. The standard InChI is InChI=1S/C23H24BrN3O2/c1-21(2)22(3)13-14-23(21,18(24)19(22)28)20(29)25-15-9-11-17(12-10-15)27-26-16-7-5-4-6-8-16/h4-12,18H,13-14H2,1-3H3,(H,25,29)/t18-,22-,23+/m0/s1. The highest BCUT2D eigenvalue weighted by molar-refractivity contribution is 9.10. The summed E-state index contributed by atoms with van der Waals surface area (Å²) in [6, 6.07) is 16.8. The SMILES string of the molecule is CC1(C)[C@@]2(C)CC[C@]1(C(=O)Nc1ccc(N=Nc3ccccc3)cc1)[C@@H](Br)C2=O. The van der Waals surface area contributed by atoms with E-state index in [0.29, 0.717) is 17.8 Å². The number of halogens is 1. The van der Waals surface area contributed by atoms with Crippen molar-refractivity contribution in [3.63, 3.8) is 0 Å². The minimum atomic E-state index is -0.746. The Bertz CT molecular complexity index is 987. The molecule has 29 heavy (non-hydrogen) atoms. The molecule has 0 radical (unpaired) electrons. The molecule has 3 atom stereocenters. The van der Waals surface area contributed by atoms with Gasteiger partial charge in [0.2, 0.25) is 5.91 Å². The van der Waals surface area contributed by atoms with Crippen LogP contribution in [-0.4, -0.2) is 16.5 Å². The number of fused-ring (bicyclic) bond motifs is 2. The molecule has 2 aromatic carbocycles. The van der Waals surface area contributed by atoms with E-state index >= 15 is 0 Å². The lowest BCUT2D eigenvalue weighted by Crippen LogP contribution is -2.47. The average molecular weight is 454 g/mol. The first-order chi connectivity index (χ1) is 13.7. The lowest BCUT2D eigenvalue weighted by Gasteiger charge is -2.39. The molecule has 0 aliphatic heterocycles. The van der Waals surface area contributed by atoms with Crippen molar-refractivity contribution in [3.8, 4) is 0 Å². The highest BCUT2D eigenvalue weighted by Gasteiger charge is 2.76. The number of ketones is 1. The Labute approximate surface area is 179 Å². The van der Waals surface area contributed by atoms with Gasteiger partial charge in [-0.25, -0.2) is 0 Å². The van der Waals surface area contributed by atoms with Gasteiger partial charge in [0.05, 0.1) is 21.6 Å². The summed E-state index contributed by atoms with van der Waals surface area (Å²) < 4.78 is 0. The van der Waals surface area contributed by atoms with Gasteiger partial charge < -0.3 is 5.32 Å². The van der Waals surface area contributed by atoms with E-state index in [4.69, 9.17) is 0 Å². The molecule has 2 aromatic rings. The number of carbonyl (C=O) groups excluding carboxylic acids is 2. The summed E-state index contributed by atoms with van der Waals surface area (Å²) in [7, 11) is 0. The number of carbonyl (C=O) groups is 2. The van der Waals surface area contributed by atoms with Crippen molar-refractivity contribution in [3.05, 3.63) is 54.6 Å². The molecular formula is C23H24BrN3O2. The van der Waals surface area contributed by atoms with E-state index in [-0.39, 0.29) is 11.7 Å². The molecule has 6 heteroatoms. The van der Waals surface area contributed by atoms with E-state index in [1.54, 1.807) is 0 Å². The Hall–Kier alpha value is -2.34. The second-order valence-electron chi connectivity index (χ2n) is 8.69. The van der Waals surface area contributed by atoms with Crippen LogP contribution in [0.15, 0.2) is 64.8 Å². The van der Waals surface area contributed by atoms with E-state index in [9.17, 15) is 9.59 Å². The molecule has 0 unspecified atom stereocenters. The summed E-state index contributed by atoms with van der Waals surface area (Å²) in [6.07, 6.45) is 1.44. The first kappa shape index (κ1) is 20.0. The molecule has 2 saturated carbocycles. The summed E-state index contributed by atoms with van der Waals surface area (Å²) in [4.78, 5) is 25.8. The van der Waals surface area contributed by atoms with Gasteiger partial charge in [-0.2, -0.15) is 10.2 Å². The van der Waals surface area contributed by atoms with E-state index in [1.807, 2.05) is 75.4 Å². The summed E-state index contributed by atoms with van der Waals surface area (Å²) in [5.74, 6) is 0.0400. The lowest BCUT2D eigenvalue weighted by molar-refractivity contribution is -0.130. The third-order valence-electron chi connectivity index (χ3n) is 7.29. The number of azo groups is 1. The second-order valence-corrected chi connectivity index (χ2v) is 9.61. The van der Waals surface area contributed by atoms with Crippen LogP contribution in [0.1, 0.15) is 33.6 Å². The van der Waals surface area contributed by atoms with Crippen molar-refractivity contribution >= 4 is 44.7 Å². The number of hydrogen-bond acceptors (Lipinski definition) is 4. The highest BCUT2D eigenvalue weighted by atomic mass is 79.9. The number of alkyl halides is 1. The fraction of sp³-hybridized carbons (Fsp3) is 0.391. The maximum absolute atomic E-state index is 13.4.